The first-order valence-corrected chi connectivity index (χ1v) is 5.14. The average Bonchev–Trinajstić information content (AvgIpc) is 2.35. The van der Waals surface area contributed by atoms with E-state index in [2.05, 4.69) is 15.0 Å². The molecule has 0 bridgehead atoms. The molecule has 0 amide bonds. The van der Waals surface area contributed by atoms with Crippen molar-refractivity contribution < 1.29 is 14.6 Å². The molecule has 2 unspecified atom stereocenters. The lowest BCUT2D eigenvalue weighted by molar-refractivity contribution is 0.140. The molecule has 1 aromatic rings. The maximum absolute atomic E-state index is 9.73. The summed E-state index contributed by atoms with van der Waals surface area (Å²) in [6.45, 7) is 3.75. The molecule has 0 fully saturated rings. The van der Waals surface area contributed by atoms with E-state index in [1.54, 1.807) is 0 Å². The molecule has 0 aliphatic carbocycles. The largest absolute Gasteiger partial charge is 0.467 e. The second-order valence-corrected chi connectivity index (χ2v) is 3.43. The van der Waals surface area contributed by atoms with Gasteiger partial charge >= 0.3 is 12.0 Å². The van der Waals surface area contributed by atoms with E-state index in [4.69, 9.17) is 9.47 Å². The second-order valence-electron chi connectivity index (χ2n) is 3.43. The van der Waals surface area contributed by atoms with E-state index >= 15 is 0 Å². The number of ether oxygens (including phenoxy) is 2. The van der Waals surface area contributed by atoms with Gasteiger partial charge in [0, 0.05) is 5.92 Å². The van der Waals surface area contributed by atoms with Crippen LogP contribution in [-0.4, -0.2) is 40.4 Å². The lowest BCUT2D eigenvalue weighted by atomic mass is 10.0. The molecule has 16 heavy (non-hydrogen) atoms. The zero-order chi connectivity index (χ0) is 12.1. The van der Waals surface area contributed by atoms with E-state index in [1.807, 2.05) is 13.8 Å². The van der Waals surface area contributed by atoms with Gasteiger partial charge in [0.15, 0.2) is 0 Å². The Morgan fingerprint density at radius 3 is 2.00 bits per heavy atom. The molecular formula is C10H17N3O3. The average molecular weight is 227 g/mol. The van der Waals surface area contributed by atoms with Gasteiger partial charge in [0.2, 0.25) is 0 Å². The summed E-state index contributed by atoms with van der Waals surface area (Å²) in [6.07, 6.45) is 0.147. The van der Waals surface area contributed by atoms with Crippen LogP contribution in [0.1, 0.15) is 32.0 Å². The minimum atomic E-state index is -0.489. The molecule has 0 saturated heterocycles. The second kappa shape index (κ2) is 5.60. The van der Waals surface area contributed by atoms with Crippen LogP contribution in [0.2, 0.25) is 0 Å². The van der Waals surface area contributed by atoms with Gasteiger partial charge in [-0.05, 0) is 6.42 Å². The van der Waals surface area contributed by atoms with Gasteiger partial charge in [0.25, 0.3) is 0 Å². The molecule has 90 valence electrons. The molecule has 6 heteroatoms. The summed E-state index contributed by atoms with van der Waals surface area (Å²) in [5, 5.41) is 9.73. The third-order valence-corrected chi connectivity index (χ3v) is 2.38. The Bertz CT molecular complexity index is 324. The highest BCUT2D eigenvalue weighted by Gasteiger charge is 2.19. The van der Waals surface area contributed by atoms with Crippen LogP contribution in [0, 0.1) is 0 Å². The molecule has 0 aliphatic heterocycles. The van der Waals surface area contributed by atoms with E-state index < -0.39 is 6.10 Å². The van der Waals surface area contributed by atoms with Gasteiger partial charge in [-0.25, -0.2) is 0 Å². The van der Waals surface area contributed by atoms with Crippen LogP contribution >= 0.6 is 0 Å². The van der Waals surface area contributed by atoms with Crippen LogP contribution in [0.15, 0.2) is 0 Å². The van der Waals surface area contributed by atoms with E-state index in [0.29, 0.717) is 12.2 Å². The Balaban J connectivity index is 3.02. The smallest absolute Gasteiger partial charge is 0.322 e. The first kappa shape index (κ1) is 12.6. The predicted octanol–water partition coefficient (Wildman–Crippen LogP) is 0.763. The molecule has 0 aromatic carbocycles. The summed E-state index contributed by atoms with van der Waals surface area (Å²) in [5.41, 5.74) is 0. The molecule has 2 atom stereocenters. The Morgan fingerprint density at radius 1 is 1.12 bits per heavy atom. The SMILES string of the molecule is CCC(O)C(C)c1nc(OC)nc(OC)n1. The highest BCUT2D eigenvalue weighted by molar-refractivity contribution is 5.09. The zero-order valence-electron chi connectivity index (χ0n) is 9.97. The third-order valence-electron chi connectivity index (χ3n) is 2.38. The predicted molar refractivity (Wildman–Crippen MR) is 57.6 cm³/mol. The highest BCUT2D eigenvalue weighted by atomic mass is 16.5. The van der Waals surface area contributed by atoms with Crippen LogP contribution in [0.4, 0.5) is 0 Å². The van der Waals surface area contributed by atoms with Crippen molar-refractivity contribution in [1.82, 2.24) is 15.0 Å². The highest BCUT2D eigenvalue weighted by Crippen LogP contribution is 2.20. The van der Waals surface area contributed by atoms with Crippen molar-refractivity contribution in [1.29, 1.82) is 0 Å². The van der Waals surface area contributed by atoms with Gasteiger partial charge in [-0.3, -0.25) is 0 Å². The van der Waals surface area contributed by atoms with E-state index in [-0.39, 0.29) is 17.9 Å². The van der Waals surface area contributed by atoms with E-state index in [0.717, 1.165) is 0 Å². The normalized spacial score (nSPS) is 14.3. The molecule has 0 radical (unpaired) electrons. The molecule has 0 saturated carbocycles. The van der Waals surface area contributed by atoms with Gasteiger partial charge < -0.3 is 14.6 Å². The third kappa shape index (κ3) is 2.79. The van der Waals surface area contributed by atoms with Crippen molar-refractivity contribution in [3.63, 3.8) is 0 Å². The van der Waals surface area contributed by atoms with Crippen molar-refractivity contribution >= 4 is 0 Å². The molecule has 1 rings (SSSR count). The Kier molecular flexibility index (Phi) is 4.42. The summed E-state index contributed by atoms with van der Waals surface area (Å²) >= 11 is 0. The van der Waals surface area contributed by atoms with Crippen molar-refractivity contribution in [2.24, 2.45) is 0 Å². The molecule has 0 spiro atoms. The fraction of sp³-hybridized carbons (Fsp3) is 0.700. The number of methoxy groups -OCH3 is 2. The summed E-state index contributed by atoms with van der Waals surface area (Å²) in [4.78, 5) is 12.1. The van der Waals surface area contributed by atoms with Gasteiger partial charge in [-0.1, -0.05) is 13.8 Å². The quantitative estimate of drug-likeness (QED) is 0.800. The zero-order valence-corrected chi connectivity index (χ0v) is 9.97. The minimum Gasteiger partial charge on any atom is -0.467 e. The molecule has 1 heterocycles. The molecule has 1 N–H and O–H groups in total. The van der Waals surface area contributed by atoms with Gasteiger partial charge in [-0.2, -0.15) is 9.97 Å². The number of hydrogen-bond acceptors (Lipinski definition) is 6. The van der Waals surface area contributed by atoms with Crippen molar-refractivity contribution in [2.45, 2.75) is 32.3 Å². The minimum absolute atomic E-state index is 0.184. The molecule has 1 aromatic heterocycles. The summed E-state index contributed by atoms with van der Waals surface area (Å²) < 4.78 is 9.87. The lowest BCUT2D eigenvalue weighted by Crippen LogP contribution is -2.18. The Labute approximate surface area is 94.7 Å². The Morgan fingerprint density at radius 2 is 1.62 bits per heavy atom. The van der Waals surface area contributed by atoms with E-state index in [9.17, 15) is 5.11 Å². The summed E-state index contributed by atoms with van der Waals surface area (Å²) in [6, 6.07) is 0.383. The van der Waals surface area contributed by atoms with Crippen LogP contribution < -0.4 is 9.47 Å². The summed E-state index contributed by atoms with van der Waals surface area (Å²) in [7, 11) is 2.94. The number of rotatable bonds is 5. The van der Waals surface area contributed by atoms with Crippen molar-refractivity contribution in [3.8, 4) is 12.0 Å². The van der Waals surface area contributed by atoms with E-state index in [1.165, 1.54) is 14.2 Å². The van der Waals surface area contributed by atoms with Crippen LogP contribution in [0.3, 0.4) is 0 Å². The van der Waals surface area contributed by atoms with Gasteiger partial charge in [0.05, 0.1) is 20.3 Å². The molecule has 0 aliphatic rings. The fourth-order valence-electron chi connectivity index (χ4n) is 1.26. The topological polar surface area (TPSA) is 77.4 Å². The van der Waals surface area contributed by atoms with Crippen LogP contribution in [-0.2, 0) is 0 Å². The van der Waals surface area contributed by atoms with Crippen molar-refractivity contribution in [2.75, 3.05) is 14.2 Å². The first-order chi connectivity index (χ1) is 7.62. The van der Waals surface area contributed by atoms with Crippen LogP contribution in [0.5, 0.6) is 12.0 Å². The lowest BCUT2D eigenvalue weighted by Gasteiger charge is -2.16. The number of hydrogen-bond donors (Lipinski definition) is 1. The van der Waals surface area contributed by atoms with Crippen LogP contribution in [0.25, 0.3) is 0 Å². The van der Waals surface area contributed by atoms with Gasteiger partial charge in [0.1, 0.15) is 5.82 Å². The molecular weight excluding hydrogens is 210 g/mol. The summed E-state index contributed by atoms with van der Waals surface area (Å²) in [5.74, 6) is 0.286. The maximum Gasteiger partial charge on any atom is 0.322 e. The monoisotopic (exact) mass is 227 g/mol. The first-order valence-electron chi connectivity index (χ1n) is 5.14. The molecule has 6 nitrogen and oxygen atoms in total. The number of aromatic nitrogens is 3. The number of aliphatic hydroxyl groups excluding tert-OH is 1. The maximum atomic E-state index is 9.73. The van der Waals surface area contributed by atoms with Crippen molar-refractivity contribution in [3.05, 3.63) is 5.82 Å². The fourth-order valence-corrected chi connectivity index (χ4v) is 1.26. The van der Waals surface area contributed by atoms with Gasteiger partial charge in [-0.15, -0.1) is 4.98 Å². The number of nitrogens with zero attached hydrogens (tertiary/aromatic N) is 3. The number of aliphatic hydroxyl groups is 1. The Hall–Kier alpha value is -1.43. The standard InChI is InChI=1S/C10H17N3O3/c1-5-7(14)6(2)8-11-9(15-3)13-10(12-8)16-4/h6-7,14H,5H2,1-4H3.